The number of rotatable bonds is 5. The summed E-state index contributed by atoms with van der Waals surface area (Å²) in [5, 5.41) is 12.1. The van der Waals surface area contributed by atoms with Crippen molar-refractivity contribution in [2.24, 2.45) is 22.0 Å². The van der Waals surface area contributed by atoms with Crippen molar-refractivity contribution < 1.29 is 19.1 Å². The molecule has 0 bridgehead atoms. The first-order valence-corrected chi connectivity index (χ1v) is 11.8. The molecule has 3 aliphatic rings. The summed E-state index contributed by atoms with van der Waals surface area (Å²) in [5.74, 6) is -0.964. The number of ether oxygens (including phenoxy) is 2. The van der Waals surface area contributed by atoms with Gasteiger partial charge in [-0.1, -0.05) is 42.5 Å². The molecular formula is C28H24N4O4. The van der Waals surface area contributed by atoms with E-state index in [-0.39, 0.29) is 18.6 Å². The Morgan fingerprint density at radius 3 is 1.75 bits per heavy atom. The van der Waals surface area contributed by atoms with Crippen LogP contribution in [0, 0.1) is 11.8 Å². The smallest absolute Gasteiger partial charge is 0.256 e. The Bertz CT molecular complexity index is 1320. The predicted octanol–water partition coefficient (Wildman–Crippen LogP) is 4.58. The number of anilines is 2. The predicted molar refractivity (Wildman–Crippen MR) is 136 cm³/mol. The highest BCUT2D eigenvalue weighted by Crippen LogP contribution is 2.45. The number of benzene rings is 3. The topological polar surface area (TPSA) is 83.8 Å². The lowest BCUT2D eigenvalue weighted by Gasteiger charge is -2.28. The van der Waals surface area contributed by atoms with Gasteiger partial charge in [-0.25, -0.2) is 10.0 Å². The Hall–Kier alpha value is -4.46. The van der Waals surface area contributed by atoms with Crippen LogP contribution in [0.15, 0.2) is 89.1 Å². The minimum Gasteiger partial charge on any atom is -0.454 e. The minimum absolute atomic E-state index is 0.138. The number of hydrogen-bond donors (Lipinski definition) is 0. The van der Waals surface area contributed by atoms with Crippen molar-refractivity contribution in [3.8, 4) is 11.5 Å². The van der Waals surface area contributed by atoms with E-state index < -0.39 is 17.8 Å². The molecule has 0 aromatic heterocycles. The lowest BCUT2D eigenvalue weighted by molar-refractivity contribution is -0.122. The van der Waals surface area contributed by atoms with Gasteiger partial charge in [0.1, 0.15) is 0 Å². The van der Waals surface area contributed by atoms with Crippen LogP contribution in [-0.4, -0.2) is 30.0 Å². The largest absolute Gasteiger partial charge is 0.454 e. The van der Waals surface area contributed by atoms with E-state index >= 15 is 0 Å². The quantitative estimate of drug-likeness (QED) is 0.535. The van der Waals surface area contributed by atoms with E-state index in [1.54, 1.807) is 0 Å². The number of carbonyl (C=O) groups excluding carboxylic acids is 2. The van der Waals surface area contributed by atoms with Crippen molar-refractivity contribution in [3.63, 3.8) is 0 Å². The second-order valence-electron chi connectivity index (χ2n) is 9.05. The van der Waals surface area contributed by atoms with E-state index in [2.05, 4.69) is 10.2 Å². The third-order valence-corrected chi connectivity index (χ3v) is 6.87. The molecule has 0 saturated heterocycles. The van der Waals surface area contributed by atoms with E-state index in [4.69, 9.17) is 9.47 Å². The average molecular weight is 481 g/mol. The van der Waals surface area contributed by atoms with Gasteiger partial charge < -0.3 is 9.47 Å². The molecular weight excluding hydrogens is 456 g/mol. The molecule has 8 heteroatoms. The third kappa shape index (κ3) is 3.53. The fourth-order valence-electron chi connectivity index (χ4n) is 5.19. The Balaban J connectivity index is 1.44. The molecule has 0 radical (unpaired) electrons. The summed E-state index contributed by atoms with van der Waals surface area (Å²) < 4.78 is 11.1. The molecule has 8 nitrogen and oxygen atoms in total. The van der Waals surface area contributed by atoms with E-state index in [0.29, 0.717) is 34.3 Å². The maximum atomic E-state index is 13.9. The molecule has 180 valence electrons. The van der Waals surface area contributed by atoms with Crippen LogP contribution in [0.4, 0.5) is 11.4 Å². The first kappa shape index (κ1) is 22.0. The van der Waals surface area contributed by atoms with Crippen molar-refractivity contribution in [1.82, 2.24) is 0 Å². The van der Waals surface area contributed by atoms with Crippen LogP contribution >= 0.6 is 0 Å². The number of para-hydroxylation sites is 2. The summed E-state index contributed by atoms with van der Waals surface area (Å²) in [6, 6.07) is 24.2. The second-order valence-corrected chi connectivity index (χ2v) is 9.05. The van der Waals surface area contributed by atoms with Crippen molar-refractivity contribution >= 4 is 34.6 Å². The summed E-state index contributed by atoms with van der Waals surface area (Å²) >= 11 is 0. The number of carbonyl (C=O) groups is 2. The van der Waals surface area contributed by atoms with Gasteiger partial charge in [-0.3, -0.25) is 9.59 Å². The molecule has 0 saturated carbocycles. The van der Waals surface area contributed by atoms with Gasteiger partial charge in [0, 0.05) is 17.3 Å². The number of hydrazone groups is 2. The van der Waals surface area contributed by atoms with Gasteiger partial charge >= 0.3 is 0 Å². The van der Waals surface area contributed by atoms with Crippen LogP contribution in [0.1, 0.15) is 25.3 Å². The molecule has 0 N–H and O–H groups in total. The molecule has 0 unspecified atom stereocenters. The Labute approximate surface area is 208 Å². The van der Waals surface area contributed by atoms with Crippen LogP contribution < -0.4 is 19.5 Å². The summed E-state index contributed by atoms with van der Waals surface area (Å²) in [6.45, 7) is 3.82. The van der Waals surface area contributed by atoms with Crippen molar-refractivity contribution in [1.29, 1.82) is 0 Å². The lowest BCUT2D eigenvalue weighted by Crippen LogP contribution is -2.40. The zero-order chi connectivity index (χ0) is 24.8. The summed E-state index contributed by atoms with van der Waals surface area (Å²) in [5.41, 5.74) is 3.45. The van der Waals surface area contributed by atoms with Crippen LogP contribution in [0.5, 0.6) is 11.5 Å². The van der Waals surface area contributed by atoms with Crippen LogP contribution in [0.3, 0.4) is 0 Å². The maximum Gasteiger partial charge on any atom is 0.256 e. The van der Waals surface area contributed by atoms with Gasteiger partial charge in [0.2, 0.25) is 6.79 Å². The Morgan fingerprint density at radius 1 is 0.722 bits per heavy atom. The Kier molecular flexibility index (Phi) is 5.29. The summed E-state index contributed by atoms with van der Waals surface area (Å²) in [7, 11) is 0. The van der Waals surface area contributed by atoms with Gasteiger partial charge in [0.05, 0.1) is 23.2 Å². The van der Waals surface area contributed by atoms with E-state index in [1.165, 1.54) is 10.0 Å². The molecule has 3 heterocycles. The summed E-state index contributed by atoms with van der Waals surface area (Å²) in [6.07, 6.45) is 0. The lowest BCUT2D eigenvalue weighted by atomic mass is 9.73. The number of nitrogens with zero attached hydrogens (tertiary/aromatic N) is 4. The standard InChI is InChI=1S/C28H24N4O4/c1-17-24(27(33)31(29-17)20-9-5-3-6-10-20)26(19-13-14-22-23(15-19)36-16-35-22)25-18(2)30-32(28(25)34)21-11-7-4-8-12-21/h3-15,24-26H,16H2,1-2H3/t24-,25-/m0/s1. The van der Waals surface area contributed by atoms with Gasteiger partial charge in [-0.05, 0) is 55.8 Å². The summed E-state index contributed by atoms with van der Waals surface area (Å²) in [4.78, 5) is 27.8. The fraction of sp³-hybridized carbons (Fsp3) is 0.214. The molecule has 0 spiro atoms. The molecule has 2 atom stereocenters. The van der Waals surface area contributed by atoms with Crippen molar-refractivity contribution in [3.05, 3.63) is 84.4 Å². The first-order chi connectivity index (χ1) is 17.5. The normalized spacial score (nSPS) is 20.9. The second kappa shape index (κ2) is 8.64. The number of hydrogen-bond acceptors (Lipinski definition) is 6. The van der Waals surface area contributed by atoms with Crippen molar-refractivity contribution in [2.75, 3.05) is 16.8 Å². The van der Waals surface area contributed by atoms with Gasteiger partial charge in [-0.2, -0.15) is 10.2 Å². The highest BCUT2D eigenvalue weighted by Gasteiger charge is 2.50. The highest BCUT2D eigenvalue weighted by atomic mass is 16.7. The average Bonchev–Trinajstić information content (AvgIpc) is 3.57. The van der Waals surface area contributed by atoms with Crippen LogP contribution in [0.2, 0.25) is 0 Å². The van der Waals surface area contributed by atoms with Gasteiger partial charge in [0.15, 0.2) is 11.5 Å². The molecule has 2 amide bonds. The van der Waals surface area contributed by atoms with Gasteiger partial charge in [-0.15, -0.1) is 0 Å². The number of fused-ring (bicyclic) bond motifs is 1. The van der Waals surface area contributed by atoms with Crippen molar-refractivity contribution in [2.45, 2.75) is 19.8 Å². The fourth-order valence-corrected chi connectivity index (χ4v) is 5.19. The number of amides is 2. The molecule has 0 fully saturated rings. The molecule has 6 rings (SSSR count). The van der Waals surface area contributed by atoms with Crippen LogP contribution in [0.25, 0.3) is 0 Å². The Morgan fingerprint density at radius 2 is 1.22 bits per heavy atom. The molecule has 3 aliphatic heterocycles. The van der Waals surface area contributed by atoms with E-state index in [0.717, 1.165) is 5.56 Å². The molecule has 0 aliphatic carbocycles. The monoisotopic (exact) mass is 480 g/mol. The molecule has 36 heavy (non-hydrogen) atoms. The van der Waals surface area contributed by atoms with E-state index in [9.17, 15) is 9.59 Å². The molecule has 3 aromatic carbocycles. The zero-order valence-electron chi connectivity index (χ0n) is 19.9. The van der Waals surface area contributed by atoms with Gasteiger partial charge in [0.25, 0.3) is 11.8 Å². The third-order valence-electron chi connectivity index (χ3n) is 6.87. The first-order valence-electron chi connectivity index (χ1n) is 11.8. The minimum atomic E-state index is -0.652. The SMILES string of the molecule is CC1=NN(c2ccccc2)C(=O)[C@@H]1C(c1ccc2c(c1)OCO2)[C@H]1C(=O)N(c2ccccc2)N=C1C. The van der Waals surface area contributed by atoms with E-state index in [1.807, 2.05) is 92.7 Å². The maximum absolute atomic E-state index is 13.9. The van der Waals surface area contributed by atoms with Crippen LogP contribution in [-0.2, 0) is 9.59 Å². The molecule has 3 aromatic rings. The highest BCUT2D eigenvalue weighted by molar-refractivity contribution is 6.19. The zero-order valence-corrected chi connectivity index (χ0v) is 19.9.